The number of hydrogen-bond acceptors (Lipinski definition) is 4. The largest absolute Gasteiger partial charge is 0.396 e. The number of carbonyl (C=O) groups excluding carboxylic acids is 1. The number of aryl methyl sites for hydroxylation is 1. The lowest BCUT2D eigenvalue weighted by Crippen LogP contribution is -2.51. The summed E-state index contributed by atoms with van der Waals surface area (Å²) in [6.07, 6.45) is 0. The maximum Gasteiger partial charge on any atom is 0.270 e. The molecule has 7 heteroatoms. The minimum atomic E-state index is -0.733. The van der Waals surface area contributed by atoms with Crippen LogP contribution in [0.25, 0.3) is 0 Å². The van der Waals surface area contributed by atoms with E-state index in [1.54, 1.807) is 0 Å². The molecule has 1 N–H and O–H groups in total. The molecule has 1 amide bonds. The Morgan fingerprint density at radius 1 is 1.58 bits per heavy atom. The molecule has 0 aromatic heterocycles. The first-order chi connectivity index (χ1) is 8.93. The Morgan fingerprint density at radius 3 is 2.74 bits per heavy atom. The Balaban J connectivity index is 2.29. The number of nitrogens with zero attached hydrogens (tertiary/aromatic N) is 2. The highest BCUT2D eigenvalue weighted by atomic mass is 19.1. The second-order valence-electron chi connectivity index (χ2n) is 4.64. The van der Waals surface area contributed by atoms with Gasteiger partial charge in [0.1, 0.15) is 5.82 Å². The van der Waals surface area contributed by atoms with Crippen molar-refractivity contribution in [3.63, 3.8) is 0 Å². The third kappa shape index (κ3) is 2.41. The van der Waals surface area contributed by atoms with Gasteiger partial charge >= 0.3 is 0 Å². The molecule has 1 fully saturated rings. The van der Waals surface area contributed by atoms with Crippen LogP contribution in [0.4, 0.5) is 10.1 Å². The number of nitro benzene ring substituents is 1. The van der Waals surface area contributed by atoms with Gasteiger partial charge in [-0.15, -0.1) is 0 Å². The molecule has 1 aliphatic rings. The first-order valence-corrected chi connectivity index (χ1v) is 5.78. The maximum atomic E-state index is 13.9. The van der Waals surface area contributed by atoms with Crippen molar-refractivity contribution in [1.29, 1.82) is 0 Å². The van der Waals surface area contributed by atoms with E-state index in [9.17, 15) is 19.3 Å². The molecule has 0 radical (unpaired) electrons. The van der Waals surface area contributed by atoms with E-state index in [4.69, 9.17) is 5.11 Å². The lowest BCUT2D eigenvalue weighted by Gasteiger charge is -2.38. The van der Waals surface area contributed by atoms with Crippen LogP contribution in [0.15, 0.2) is 12.1 Å². The fraction of sp³-hybridized carbons (Fsp3) is 0.417. The van der Waals surface area contributed by atoms with E-state index in [0.717, 1.165) is 12.1 Å². The van der Waals surface area contributed by atoms with Crippen LogP contribution in [-0.4, -0.2) is 40.5 Å². The van der Waals surface area contributed by atoms with E-state index in [-0.39, 0.29) is 29.3 Å². The van der Waals surface area contributed by atoms with Crippen LogP contribution in [-0.2, 0) is 0 Å². The topological polar surface area (TPSA) is 83.7 Å². The quantitative estimate of drug-likeness (QED) is 0.657. The summed E-state index contributed by atoms with van der Waals surface area (Å²) in [7, 11) is 0. The summed E-state index contributed by atoms with van der Waals surface area (Å²) in [4.78, 5) is 23.4. The van der Waals surface area contributed by atoms with Gasteiger partial charge in [0, 0.05) is 37.7 Å². The number of rotatable bonds is 3. The van der Waals surface area contributed by atoms with Gasteiger partial charge < -0.3 is 10.0 Å². The van der Waals surface area contributed by atoms with Crippen molar-refractivity contribution in [3.8, 4) is 0 Å². The second-order valence-corrected chi connectivity index (χ2v) is 4.64. The SMILES string of the molecule is Cc1cc([N+](=O)[O-])cc(C(=O)N2CC(CO)C2)c1F. The summed E-state index contributed by atoms with van der Waals surface area (Å²) in [5.41, 5.74) is -0.527. The predicted octanol–water partition coefficient (Wildman–Crippen LogP) is 1.11. The molecule has 0 unspecified atom stereocenters. The van der Waals surface area contributed by atoms with Gasteiger partial charge in [-0.3, -0.25) is 14.9 Å². The third-order valence-electron chi connectivity index (χ3n) is 3.18. The molecule has 0 aliphatic carbocycles. The Bertz CT molecular complexity index is 541. The fourth-order valence-corrected chi connectivity index (χ4v) is 2.03. The molecule has 1 aliphatic heterocycles. The molecule has 19 heavy (non-hydrogen) atoms. The first kappa shape index (κ1) is 13.4. The maximum absolute atomic E-state index is 13.9. The van der Waals surface area contributed by atoms with Crippen LogP contribution in [0.5, 0.6) is 0 Å². The zero-order valence-electron chi connectivity index (χ0n) is 10.3. The molecule has 0 bridgehead atoms. The number of likely N-dealkylation sites (tertiary alicyclic amines) is 1. The normalized spacial score (nSPS) is 15.2. The van der Waals surface area contributed by atoms with Crippen molar-refractivity contribution in [3.05, 3.63) is 39.2 Å². The summed E-state index contributed by atoms with van der Waals surface area (Å²) in [6.45, 7) is 2.04. The molecule has 1 aromatic rings. The van der Waals surface area contributed by atoms with Crippen molar-refractivity contribution in [1.82, 2.24) is 4.90 Å². The number of hydrogen-bond donors (Lipinski definition) is 1. The van der Waals surface area contributed by atoms with Gasteiger partial charge in [0.25, 0.3) is 11.6 Å². The molecule has 0 spiro atoms. The van der Waals surface area contributed by atoms with Crippen molar-refractivity contribution < 1.29 is 19.2 Å². The minimum absolute atomic E-state index is 0.00630. The highest BCUT2D eigenvalue weighted by Crippen LogP contribution is 2.25. The van der Waals surface area contributed by atoms with E-state index in [0.29, 0.717) is 13.1 Å². The standard InChI is InChI=1S/C12H13FN2O4/c1-7-2-9(15(18)19)3-10(11(7)13)12(17)14-4-8(5-14)6-16/h2-3,8,16H,4-6H2,1H3. The van der Waals surface area contributed by atoms with Crippen LogP contribution in [0.1, 0.15) is 15.9 Å². The molecule has 1 aromatic carbocycles. The lowest BCUT2D eigenvalue weighted by atomic mass is 9.99. The average molecular weight is 268 g/mol. The highest BCUT2D eigenvalue weighted by molar-refractivity contribution is 5.95. The Morgan fingerprint density at radius 2 is 2.21 bits per heavy atom. The third-order valence-corrected chi connectivity index (χ3v) is 3.18. The van der Waals surface area contributed by atoms with Crippen LogP contribution in [0.3, 0.4) is 0 Å². The number of aliphatic hydroxyl groups excluding tert-OH is 1. The monoisotopic (exact) mass is 268 g/mol. The molecular formula is C12H13FN2O4. The van der Waals surface area contributed by atoms with Crippen LogP contribution in [0, 0.1) is 28.8 Å². The predicted molar refractivity (Wildman–Crippen MR) is 64.3 cm³/mol. The van der Waals surface area contributed by atoms with Gasteiger partial charge in [0.15, 0.2) is 0 Å². The van der Waals surface area contributed by atoms with E-state index in [1.165, 1.54) is 11.8 Å². The van der Waals surface area contributed by atoms with Crippen LogP contribution in [0.2, 0.25) is 0 Å². The molecule has 102 valence electrons. The molecular weight excluding hydrogens is 255 g/mol. The highest BCUT2D eigenvalue weighted by Gasteiger charge is 2.33. The number of aliphatic hydroxyl groups is 1. The van der Waals surface area contributed by atoms with Crippen molar-refractivity contribution in [2.75, 3.05) is 19.7 Å². The number of non-ortho nitro benzene ring substituents is 1. The molecule has 1 saturated heterocycles. The number of halogens is 1. The van der Waals surface area contributed by atoms with Gasteiger partial charge in [-0.05, 0) is 12.5 Å². The van der Waals surface area contributed by atoms with E-state index in [2.05, 4.69) is 0 Å². The van der Waals surface area contributed by atoms with Crippen LogP contribution < -0.4 is 0 Å². The number of amides is 1. The van der Waals surface area contributed by atoms with E-state index >= 15 is 0 Å². The van der Waals surface area contributed by atoms with Gasteiger partial charge in [-0.2, -0.15) is 0 Å². The van der Waals surface area contributed by atoms with Gasteiger partial charge in [0.05, 0.1) is 10.5 Å². The van der Waals surface area contributed by atoms with Gasteiger partial charge in [0.2, 0.25) is 0 Å². The number of carbonyl (C=O) groups is 1. The van der Waals surface area contributed by atoms with Crippen molar-refractivity contribution in [2.24, 2.45) is 5.92 Å². The molecule has 1 heterocycles. The average Bonchev–Trinajstić information content (AvgIpc) is 2.30. The molecule has 0 atom stereocenters. The van der Waals surface area contributed by atoms with Gasteiger partial charge in [-0.1, -0.05) is 0 Å². The number of benzene rings is 1. The zero-order chi connectivity index (χ0) is 14.2. The first-order valence-electron chi connectivity index (χ1n) is 5.78. The lowest BCUT2D eigenvalue weighted by molar-refractivity contribution is -0.385. The summed E-state index contributed by atoms with van der Waals surface area (Å²) >= 11 is 0. The minimum Gasteiger partial charge on any atom is -0.396 e. The second kappa shape index (κ2) is 4.93. The molecule has 6 nitrogen and oxygen atoms in total. The van der Waals surface area contributed by atoms with E-state index < -0.39 is 16.6 Å². The summed E-state index contributed by atoms with van der Waals surface area (Å²) in [6, 6.07) is 2.05. The molecule has 0 saturated carbocycles. The van der Waals surface area contributed by atoms with Crippen molar-refractivity contribution in [2.45, 2.75) is 6.92 Å². The van der Waals surface area contributed by atoms with E-state index in [1.807, 2.05) is 0 Å². The summed E-state index contributed by atoms with van der Waals surface area (Å²) in [5, 5.41) is 19.6. The smallest absolute Gasteiger partial charge is 0.270 e. The zero-order valence-corrected chi connectivity index (χ0v) is 10.3. The van der Waals surface area contributed by atoms with Crippen LogP contribution >= 0.6 is 0 Å². The number of nitro groups is 1. The summed E-state index contributed by atoms with van der Waals surface area (Å²) in [5.74, 6) is -1.30. The molecule has 2 rings (SSSR count). The van der Waals surface area contributed by atoms with Crippen molar-refractivity contribution >= 4 is 11.6 Å². The summed E-state index contributed by atoms with van der Waals surface area (Å²) < 4.78 is 13.9. The Kier molecular flexibility index (Phi) is 3.48. The van der Waals surface area contributed by atoms with Gasteiger partial charge in [-0.25, -0.2) is 4.39 Å². The Labute approximate surface area is 108 Å². The Hall–Kier alpha value is -2.02. The fourth-order valence-electron chi connectivity index (χ4n) is 2.03.